The van der Waals surface area contributed by atoms with Crippen molar-refractivity contribution in [3.05, 3.63) is 59.7 Å². The lowest BCUT2D eigenvalue weighted by Gasteiger charge is -2.42. The van der Waals surface area contributed by atoms with Crippen LogP contribution in [0.4, 0.5) is 4.79 Å². The monoisotopic (exact) mass is 476 g/mol. The number of carbonyl (C=O) groups excluding carboxylic acids is 2. The van der Waals surface area contributed by atoms with Gasteiger partial charge in [0.15, 0.2) is 0 Å². The third kappa shape index (κ3) is 5.04. The van der Waals surface area contributed by atoms with Crippen LogP contribution in [0, 0.1) is 11.8 Å². The molecule has 2 N–H and O–H groups in total. The van der Waals surface area contributed by atoms with Crippen molar-refractivity contribution >= 4 is 18.0 Å². The molecular formula is C28H32N2O5. The van der Waals surface area contributed by atoms with Crippen molar-refractivity contribution in [2.45, 2.75) is 50.5 Å². The van der Waals surface area contributed by atoms with Gasteiger partial charge in [-0.2, -0.15) is 0 Å². The van der Waals surface area contributed by atoms with Crippen molar-refractivity contribution in [2.75, 3.05) is 19.7 Å². The van der Waals surface area contributed by atoms with E-state index in [1.807, 2.05) is 41.3 Å². The predicted molar refractivity (Wildman–Crippen MR) is 131 cm³/mol. The predicted octanol–water partition coefficient (Wildman–Crippen LogP) is 4.41. The van der Waals surface area contributed by atoms with E-state index in [-0.39, 0.29) is 31.3 Å². The Kier molecular flexibility index (Phi) is 6.75. The normalized spacial score (nSPS) is 21.5. The van der Waals surface area contributed by atoms with Crippen molar-refractivity contribution in [1.29, 1.82) is 0 Å². The molecule has 1 aliphatic heterocycles. The second kappa shape index (κ2) is 10.1. The van der Waals surface area contributed by atoms with Gasteiger partial charge in [-0.15, -0.1) is 0 Å². The second-order valence-electron chi connectivity index (χ2n) is 10.1. The smallest absolute Gasteiger partial charge is 0.407 e. The molecule has 2 aliphatic carbocycles. The number of nitrogens with zero attached hydrogens (tertiary/aromatic N) is 1. The lowest BCUT2D eigenvalue weighted by atomic mass is 9.78. The first-order valence-electron chi connectivity index (χ1n) is 12.6. The van der Waals surface area contributed by atoms with Crippen LogP contribution in [0.25, 0.3) is 11.1 Å². The standard InChI is InChI=1S/C28H32N2O5/c31-26(32)13-12-25(27(33)30-15-18-6-5-7-19(14-18)16-30)29-28(34)35-17-24-22-10-3-1-8-20(22)21-9-2-4-11-23(21)24/h1-4,8-11,18-19,24-25H,5-7,12-17H2,(H,29,34)(H,31,32). The molecule has 0 aromatic heterocycles. The number of piperidine rings is 1. The van der Waals surface area contributed by atoms with Crippen LogP contribution >= 0.6 is 0 Å². The maximum atomic E-state index is 13.3. The van der Waals surface area contributed by atoms with Gasteiger partial charge in [0.1, 0.15) is 12.6 Å². The molecule has 5 rings (SSSR count). The highest BCUT2D eigenvalue weighted by Crippen LogP contribution is 2.44. The lowest BCUT2D eigenvalue weighted by molar-refractivity contribution is -0.139. The summed E-state index contributed by atoms with van der Waals surface area (Å²) in [7, 11) is 0. The van der Waals surface area contributed by atoms with Crippen LogP contribution in [0.5, 0.6) is 0 Å². The number of amides is 2. The van der Waals surface area contributed by atoms with Crippen molar-refractivity contribution in [2.24, 2.45) is 11.8 Å². The van der Waals surface area contributed by atoms with Crippen molar-refractivity contribution in [3.8, 4) is 11.1 Å². The molecule has 0 spiro atoms. The number of benzene rings is 2. The highest BCUT2D eigenvalue weighted by atomic mass is 16.5. The molecule has 7 nitrogen and oxygen atoms in total. The van der Waals surface area contributed by atoms with Crippen molar-refractivity contribution < 1.29 is 24.2 Å². The van der Waals surface area contributed by atoms with Crippen LogP contribution in [0.3, 0.4) is 0 Å². The minimum Gasteiger partial charge on any atom is -0.481 e. The molecule has 1 heterocycles. The molecule has 3 atom stereocenters. The molecule has 2 amide bonds. The van der Waals surface area contributed by atoms with E-state index < -0.39 is 18.1 Å². The molecule has 184 valence electrons. The summed E-state index contributed by atoms with van der Waals surface area (Å²) < 4.78 is 5.62. The highest BCUT2D eigenvalue weighted by molar-refractivity contribution is 5.86. The van der Waals surface area contributed by atoms with Crippen LogP contribution < -0.4 is 5.32 Å². The molecule has 7 heteroatoms. The zero-order chi connectivity index (χ0) is 24.4. The van der Waals surface area contributed by atoms with Gasteiger partial charge < -0.3 is 20.1 Å². The van der Waals surface area contributed by atoms with Gasteiger partial charge in [-0.05, 0) is 59.8 Å². The van der Waals surface area contributed by atoms with E-state index in [1.54, 1.807) is 0 Å². The van der Waals surface area contributed by atoms with Gasteiger partial charge >= 0.3 is 12.1 Å². The fraction of sp³-hybridized carbons (Fsp3) is 0.464. The average molecular weight is 477 g/mol. The molecule has 2 bridgehead atoms. The van der Waals surface area contributed by atoms with E-state index in [2.05, 4.69) is 17.4 Å². The fourth-order valence-electron chi connectivity index (χ4n) is 6.14. The highest BCUT2D eigenvalue weighted by Gasteiger charge is 2.36. The van der Waals surface area contributed by atoms with E-state index in [1.165, 1.54) is 6.42 Å². The molecule has 1 saturated heterocycles. The lowest BCUT2D eigenvalue weighted by Crippen LogP contribution is -2.53. The quantitative estimate of drug-likeness (QED) is 0.617. The summed E-state index contributed by atoms with van der Waals surface area (Å²) in [6.07, 6.45) is 3.78. The van der Waals surface area contributed by atoms with Gasteiger partial charge in [0.05, 0.1) is 0 Å². The third-order valence-corrected chi connectivity index (χ3v) is 7.74. The first-order valence-corrected chi connectivity index (χ1v) is 12.6. The molecule has 35 heavy (non-hydrogen) atoms. The number of nitrogens with one attached hydrogen (secondary N) is 1. The number of carboxylic acids is 1. The van der Waals surface area contributed by atoms with Crippen LogP contribution in [-0.4, -0.2) is 53.7 Å². The minimum atomic E-state index is -0.993. The summed E-state index contributed by atoms with van der Waals surface area (Å²) in [5.74, 6) is -0.270. The van der Waals surface area contributed by atoms with Gasteiger partial charge in [0.25, 0.3) is 0 Å². The molecule has 3 unspecified atom stereocenters. The molecule has 2 fully saturated rings. The second-order valence-corrected chi connectivity index (χ2v) is 10.1. The first-order chi connectivity index (χ1) is 17.0. The Morgan fingerprint density at radius 1 is 0.971 bits per heavy atom. The fourth-order valence-corrected chi connectivity index (χ4v) is 6.14. The Balaban J connectivity index is 1.25. The van der Waals surface area contributed by atoms with E-state index >= 15 is 0 Å². The van der Waals surface area contributed by atoms with E-state index in [9.17, 15) is 19.5 Å². The van der Waals surface area contributed by atoms with Gasteiger partial charge in [-0.1, -0.05) is 55.0 Å². The molecule has 2 aromatic rings. The van der Waals surface area contributed by atoms with E-state index in [0.717, 1.165) is 41.5 Å². The molecule has 1 saturated carbocycles. The summed E-state index contributed by atoms with van der Waals surface area (Å²) in [6, 6.07) is 15.3. The number of fused-ring (bicyclic) bond motifs is 5. The molecule has 3 aliphatic rings. The Morgan fingerprint density at radius 3 is 2.17 bits per heavy atom. The number of alkyl carbamates (subject to hydrolysis) is 1. The maximum Gasteiger partial charge on any atom is 0.407 e. The van der Waals surface area contributed by atoms with Gasteiger partial charge in [0.2, 0.25) is 5.91 Å². The number of hydrogen-bond acceptors (Lipinski definition) is 4. The minimum absolute atomic E-state index is 0.0458. The van der Waals surface area contributed by atoms with Gasteiger partial charge in [-0.3, -0.25) is 9.59 Å². The summed E-state index contributed by atoms with van der Waals surface area (Å²) in [5.41, 5.74) is 4.50. The largest absolute Gasteiger partial charge is 0.481 e. The molecule has 0 radical (unpaired) electrons. The van der Waals surface area contributed by atoms with Gasteiger partial charge in [-0.25, -0.2) is 4.79 Å². The zero-order valence-electron chi connectivity index (χ0n) is 19.8. The van der Waals surface area contributed by atoms with Crippen molar-refractivity contribution in [3.63, 3.8) is 0 Å². The first kappa shape index (κ1) is 23.4. The number of carboxylic acid groups (broad SMARTS) is 1. The van der Waals surface area contributed by atoms with Gasteiger partial charge in [0, 0.05) is 25.4 Å². The Hall–Kier alpha value is -3.35. The Labute approximate surface area is 205 Å². The summed E-state index contributed by atoms with van der Waals surface area (Å²) in [4.78, 5) is 39.2. The number of ether oxygens (including phenoxy) is 1. The number of carbonyl (C=O) groups is 3. The van der Waals surface area contributed by atoms with E-state index in [0.29, 0.717) is 24.9 Å². The van der Waals surface area contributed by atoms with Crippen LogP contribution in [0.1, 0.15) is 55.6 Å². The SMILES string of the molecule is O=C(O)CCC(NC(=O)OCC1c2ccccc2-c2ccccc21)C(=O)N1CC2CCCC(C2)C1. The van der Waals surface area contributed by atoms with Crippen LogP contribution in [0.2, 0.25) is 0 Å². The number of aliphatic carboxylic acids is 1. The van der Waals surface area contributed by atoms with Crippen LogP contribution in [0.15, 0.2) is 48.5 Å². The number of hydrogen-bond donors (Lipinski definition) is 2. The molecule has 2 aromatic carbocycles. The van der Waals surface area contributed by atoms with E-state index in [4.69, 9.17) is 4.74 Å². The topological polar surface area (TPSA) is 95.9 Å². The third-order valence-electron chi connectivity index (χ3n) is 7.74. The van der Waals surface area contributed by atoms with Crippen LogP contribution in [-0.2, 0) is 14.3 Å². The Morgan fingerprint density at radius 2 is 1.57 bits per heavy atom. The zero-order valence-corrected chi connectivity index (χ0v) is 19.8. The average Bonchev–Trinajstić information content (AvgIpc) is 3.18. The summed E-state index contributed by atoms with van der Waals surface area (Å²) >= 11 is 0. The molecular weight excluding hydrogens is 444 g/mol. The Bertz CT molecular complexity index is 1060. The summed E-state index contributed by atoms with van der Waals surface area (Å²) in [5, 5.41) is 11.9. The number of rotatable bonds is 7. The summed E-state index contributed by atoms with van der Waals surface area (Å²) in [6.45, 7) is 1.52. The maximum absolute atomic E-state index is 13.3. The number of likely N-dealkylation sites (tertiary alicyclic amines) is 1. The van der Waals surface area contributed by atoms with Crippen molar-refractivity contribution in [1.82, 2.24) is 10.2 Å².